The van der Waals surface area contributed by atoms with E-state index in [0.717, 1.165) is 17.5 Å². The number of amides is 1. The average Bonchev–Trinajstić information content (AvgIpc) is 3.15. The summed E-state index contributed by atoms with van der Waals surface area (Å²) in [5.41, 5.74) is 4.51. The Labute approximate surface area is 124 Å². The molecule has 1 aliphatic carbocycles. The fourth-order valence-corrected chi connectivity index (χ4v) is 2.72. The van der Waals surface area contributed by atoms with Crippen LogP contribution in [0.1, 0.15) is 27.2 Å². The van der Waals surface area contributed by atoms with Crippen LogP contribution in [-0.2, 0) is 12.8 Å². The highest BCUT2D eigenvalue weighted by Crippen LogP contribution is 2.35. The fraction of sp³-hybridized carbons (Fsp3) is 0.214. The minimum atomic E-state index is -0.401. The van der Waals surface area contributed by atoms with E-state index in [9.17, 15) is 4.79 Å². The van der Waals surface area contributed by atoms with Crippen LogP contribution in [0, 0.1) is 6.92 Å². The number of rotatable bonds is 2. The highest BCUT2D eigenvalue weighted by atomic mass is 16.5. The Morgan fingerprint density at radius 1 is 1.36 bits per heavy atom. The normalized spacial score (nSPS) is 12.6. The molecule has 8 nitrogen and oxygen atoms in total. The summed E-state index contributed by atoms with van der Waals surface area (Å²) in [6.45, 7) is 2.06. The van der Waals surface area contributed by atoms with Gasteiger partial charge in [0.25, 0.3) is 11.9 Å². The van der Waals surface area contributed by atoms with Crippen molar-refractivity contribution < 1.29 is 9.32 Å². The minimum Gasteiger partial charge on any atom is -0.355 e. The molecule has 0 aliphatic heterocycles. The molecule has 3 aromatic rings. The van der Waals surface area contributed by atoms with Crippen molar-refractivity contribution in [1.29, 1.82) is 0 Å². The number of hydrogen-bond donors (Lipinski definition) is 2. The van der Waals surface area contributed by atoms with Crippen LogP contribution in [0.4, 0.5) is 5.95 Å². The number of hydrogen-bond acceptors (Lipinski definition) is 6. The van der Waals surface area contributed by atoms with Crippen LogP contribution >= 0.6 is 0 Å². The number of tetrazole rings is 1. The predicted molar refractivity (Wildman–Crippen MR) is 76.2 cm³/mol. The number of benzene rings is 1. The zero-order chi connectivity index (χ0) is 15.1. The molecule has 4 rings (SSSR count). The maximum absolute atomic E-state index is 12.3. The highest BCUT2D eigenvalue weighted by Gasteiger charge is 2.28. The zero-order valence-electron chi connectivity index (χ0n) is 11.8. The van der Waals surface area contributed by atoms with Gasteiger partial charge in [-0.1, -0.05) is 34.0 Å². The Morgan fingerprint density at radius 3 is 3.09 bits per heavy atom. The second-order valence-electron chi connectivity index (χ2n) is 5.19. The van der Waals surface area contributed by atoms with Gasteiger partial charge in [-0.3, -0.25) is 10.1 Å². The van der Waals surface area contributed by atoms with Crippen LogP contribution in [0.25, 0.3) is 11.3 Å². The number of aryl methyl sites for hydroxylation is 2. The van der Waals surface area contributed by atoms with Crippen LogP contribution in [0.2, 0.25) is 0 Å². The molecule has 0 fully saturated rings. The molecule has 22 heavy (non-hydrogen) atoms. The van der Waals surface area contributed by atoms with Gasteiger partial charge in [0.15, 0.2) is 11.5 Å². The SMILES string of the molecule is Cc1ccc2c(c1)CCc1c(C(=O)Nc3nn[nH]n3)noc1-2. The van der Waals surface area contributed by atoms with E-state index in [2.05, 4.69) is 44.1 Å². The smallest absolute Gasteiger partial charge is 0.280 e. The van der Waals surface area contributed by atoms with Crippen LogP contribution in [0.5, 0.6) is 0 Å². The van der Waals surface area contributed by atoms with E-state index in [0.29, 0.717) is 12.2 Å². The van der Waals surface area contributed by atoms with Crippen molar-refractivity contribution in [3.8, 4) is 11.3 Å². The molecule has 2 heterocycles. The summed E-state index contributed by atoms with van der Waals surface area (Å²) in [7, 11) is 0. The summed E-state index contributed by atoms with van der Waals surface area (Å²) in [6.07, 6.45) is 1.57. The third-order valence-electron chi connectivity index (χ3n) is 3.72. The van der Waals surface area contributed by atoms with E-state index >= 15 is 0 Å². The second kappa shape index (κ2) is 4.76. The Bertz CT molecular complexity index is 852. The van der Waals surface area contributed by atoms with Crippen LogP contribution in [0.15, 0.2) is 22.7 Å². The van der Waals surface area contributed by atoms with Gasteiger partial charge in [-0.2, -0.15) is 5.21 Å². The van der Waals surface area contributed by atoms with Crippen molar-refractivity contribution >= 4 is 11.9 Å². The first-order valence-electron chi connectivity index (χ1n) is 6.85. The molecule has 0 saturated carbocycles. The largest absolute Gasteiger partial charge is 0.355 e. The lowest BCUT2D eigenvalue weighted by Crippen LogP contribution is -2.16. The third-order valence-corrected chi connectivity index (χ3v) is 3.72. The predicted octanol–water partition coefficient (Wildman–Crippen LogP) is 1.51. The molecule has 0 atom stereocenters. The fourth-order valence-electron chi connectivity index (χ4n) is 2.72. The molecule has 2 N–H and O–H groups in total. The minimum absolute atomic E-state index is 0.105. The summed E-state index contributed by atoms with van der Waals surface area (Å²) in [4.78, 5) is 12.3. The van der Waals surface area contributed by atoms with E-state index in [1.54, 1.807) is 0 Å². The van der Waals surface area contributed by atoms with Gasteiger partial charge in [0.1, 0.15) is 0 Å². The first-order valence-corrected chi connectivity index (χ1v) is 6.85. The molecule has 0 radical (unpaired) electrons. The molecular weight excluding hydrogens is 284 g/mol. The molecule has 0 spiro atoms. The van der Waals surface area contributed by atoms with Crippen molar-refractivity contribution in [2.24, 2.45) is 0 Å². The van der Waals surface area contributed by atoms with Crippen molar-refractivity contribution in [2.45, 2.75) is 19.8 Å². The van der Waals surface area contributed by atoms with Crippen LogP contribution < -0.4 is 5.32 Å². The summed E-state index contributed by atoms with van der Waals surface area (Å²) in [5.74, 6) is 0.370. The number of carbonyl (C=O) groups is 1. The van der Waals surface area contributed by atoms with E-state index in [-0.39, 0.29) is 11.6 Å². The Balaban J connectivity index is 1.71. The van der Waals surface area contributed by atoms with Crippen molar-refractivity contribution in [3.05, 3.63) is 40.6 Å². The number of aromatic amines is 1. The quantitative estimate of drug-likeness (QED) is 0.742. The second-order valence-corrected chi connectivity index (χ2v) is 5.19. The Hall–Kier alpha value is -3.03. The van der Waals surface area contributed by atoms with Gasteiger partial charge in [0.2, 0.25) is 0 Å². The lowest BCUT2D eigenvalue weighted by molar-refractivity contribution is 0.101. The van der Waals surface area contributed by atoms with Gasteiger partial charge in [-0.25, -0.2) is 0 Å². The summed E-state index contributed by atoms with van der Waals surface area (Å²) in [6, 6.07) is 6.17. The zero-order valence-corrected chi connectivity index (χ0v) is 11.8. The van der Waals surface area contributed by atoms with E-state index < -0.39 is 5.91 Å². The number of nitrogens with zero attached hydrogens (tertiary/aromatic N) is 4. The van der Waals surface area contributed by atoms with Gasteiger partial charge < -0.3 is 4.52 Å². The first kappa shape index (κ1) is 12.7. The third kappa shape index (κ3) is 1.96. The lowest BCUT2D eigenvalue weighted by Gasteiger charge is -2.15. The average molecular weight is 296 g/mol. The molecule has 1 aromatic carbocycles. The molecule has 0 unspecified atom stereocenters. The molecule has 2 aromatic heterocycles. The van der Waals surface area contributed by atoms with Crippen molar-refractivity contribution in [3.63, 3.8) is 0 Å². The van der Waals surface area contributed by atoms with Crippen LogP contribution in [0.3, 0.4) is 0 Å². The molecule has 0 saturated heterocycles. The van der Waals surface area contributed by atoms with E-state index in [4.69, 9.17) is 4.52 Å². The van der Waals surface area contributed by atoms with E-state index in [1.807, 2.05) is 12.1 Å². The standard InChI is InChI=1S/C14H12N6O2/c1-7-2-4-9-8(6-7)3-5-10-11(18-22-12(9)10)13(21)15-14-16-19-20-17-14/h2,4,6H,3,5H2,1H3,(H2,15,16,17,19,20,21). The Kier molecular flexibility index (Phi) is 2.75. The molecule has 1 amide bonds. The topological polar surface area (TPSA) is 110 Å². The molecule has 8 heteroatoms. The van der Waals surface area contributed by atoms with Crippen LogP contribution in [-0.4, -0.2) is 31.7 Å². The van der Waals surface area contributed by atoms with Gasteiger partial charge in [-0.15, -0.1) is 5.10 Å². The molecule has 0 bridgehead atoms. The monoisotopic (exact) mass is 296 g/mol. The maximum Gasteiger partial charge on any atom is 0.280 e. The molecule has 1 aliphatic rings. The van der Waals surface area contributed by atoms with Gasteiger partial charge in [-0.05, 0) is 30.5 Å². The van der Waals surface area contributed by atoms with E-state index in [1.165, 1.54) is 11.1 Å². The number of aromatic nitrogens is 5. The number of carbonyl (C=O) groups excluding carboxylic acids is 1. The molecule has 110 valence electrons. The lowest BCUT2D eigenvalue weighted by atomic mass is 9.88. The summed E-state index contributed by atoms with van der Waals surface area (Å²) >= 11 is 0. The Morgan fingerprint density at radius 2 is 2.27 bits per heavy atom. The first-order chi connectivity index (χ1) is 10.7. The molecular formula is C14H12N6O2. The number of fused-ring (bicyclic) bond motifs is 3. The summed E-state index contributed by atoms with van der Waals surface area (Å²) < 4.78 is 5.42. The maximum atomic E-state index is 12.3. The number of anilines is 1. The van der Waals surface area contributed by atoms with Gasteiger partial charge >= 0.3 is 0 Å². The van der Waals surface area contributed by atoms with Crippen molar-refractivity contribution in [2.75, 3.05) is 5.32 Å². The number of H-pyrrole nitrogens is 1. The van der Waals surface area contributed by atoms with Gasteiger partial charge in [0.05, 0.1) is 0 Å². The van der Waals surface area contributed by atoms with Crippen molar-refractivity contribution in [1.82, 2.24) is 25.8 Å². The highest BCUT2D eigenvalue weighted by molar-refractivity contribution is 6.03. The summed E-state index contributed by atoms with van der Waals surface area (Å²) in [5, 5.41) is 19.5. The number of nitrogens with one attached hydrogen (secondary N) is 2. The van der Waals surface area contributed by atoms with Gasteiger partial charge in [0, 0.05) is 11.1 Å².